The van der Waals surface area contributed by atoms with Crippen LogP contribution in [-0.2, 0) is 6.42 Å². The smallest absolute Gasteiger partial charge is 0.0897 e. The molecule has 2 nitrogen and oxygen atoms in total. The molecule has 0 spiro atoms. The molecule has 5 heteroatoms. The zero-order chi connectivity index (χ0) is 11.5. The lowest BCUT2D eigenvalue weighted by molar-refractivity contribution is 0.615. The van der Waals surface area contributed by atoms with Crippen LogP contribution in [-0.4, -0.2) is 33.0 Å². The quantitative estimate of drug-likeness (QED) is 0.919. The van der Waals surface area contributed by atoms with Crippen molar-refractivity contribution in [2.45, 2.75) is 36.8 Å². The van der Waals surface area contributed by atoms with Gasteiger partial charge in [-0.25, -0.2) is 4.98 Å². The fourth-order valence-corrected chi connectivity index (χ4v) is 5.50. The molecule has 1 aromatic heterocycles. The van der Waals surface area contributed by atoms with E-state index >= 15 is 0 Å². The average molecular weight is 274 g/mol. The maximum absolute atomic E-state index is 6.31. The van der Waals surface area contributed by atoms with E-state index in [1.54, 1.807) is 11.3 Å². The van der Waals surface area contributed by atoms with Crippen molar-refractivity contribution in [3.63, 3.8) is 0 Å². The van der Waals surface area contributed by atoms with E-state index in [0.717, 1.165) is 11.4 Å². The number of thioether (sulfide) groups is 2. The van der Waals surface area contributed by atoms with Crippen molar-refractivity contribution in [1.82, 2.24) is 4.98 Å². The van der Waals surface area contributed by atoms with Gasteiger partial charge in [-0.3, -0.25) is 0 Å². The van der Waals surface area contributed by atoms with Crippen LogP contribution >= 0.6 is 34.9 Å². The Labute approximate surface area is 110 Å². The molecule has 1 fully saturated rings. The molecule has 3 unspecified atom stereocenters. The topological polar surface area (TPSA) is 38.9 Å². The minimum absolute atomic E-state index is 0.245. The summed E-state index contributed by atoms with van der Waals surface area (Å²) in [5, 5.41) is 4.54. The highest BCUT2D eigenvalue weighted by Gasteiger charge is 2.28. The highest BCUT2D eigenvalue weighted by molar-refractivity contribution is 8.07. The number of hydrogen-bond donors (Lipinski definition) is 1. The Morgan fingerprint density at radius 1 is 1.50 bits per heavy atom. The van der Waals surface area contributed by atoms with Crippen LogP contribution in [0.2, 0.25) is 0 Å². The lowest BCUT2D eigenvalue weighted by Crippen LogP contribution is -2.42. The van der Waals surface area contributed by atoms with E-state index in [1.165, 1.54) is 17.2 Å². The number of aryl methyl sites for hydroxylation is 1. The van der Waals surface area contributed by atoms with Gasteiger partial charge in [0.05, 0.1) is 10.7 Å². The molecule has 0 radical (unpaired) electrons. The molecule has 0 bridgehead atoms. The number of aromatic nitrogens is 1. The largest absolute Gasteiger partial charge is 0.326 e. The summed E-state index contributed by atoms with van der Waals surface area (Å²) in [5.74, 6) is 2.51. The standard InChI is InChI=1S/C11H18N2S3/c1-7-11(15-4-3-14-7)10(12)5-9-6-16-8(2)13-9/h6-7,10-11H,3-5,12H2,1-2H3. The van der Waals surface area contributed by atoms with Crippen LogP contribution < -0.4 is 5.73 Å². The van der Waals surface area contributed by atoms with Crippen LogP contribution in [0.5, 0.6) is 0 Å². The molecule has 2 rings (SSSR count). The molecule has 0 aromatic carbocycles. The molecular formula is C11H18N2S3. The van der Waals surface area contributed by atoms with Gasteiger partial charge in [0.15, 0.2) is 0 Å². The van der Waals surface area contributed by atoms with Crippen molar-refractivity contribution in [3.8, 4) is 0 Å². The summed E-state index contributed by atoms with van der Waals surface area (Å²) in [6, 6.07) is 0.245. The summed E-state index contributed by atoms with van der Waals surface area (Å²) < 4.78 is 0. The minimum atomic E-state index is 0.245. The van der Waals surface area contributed by atoms with Crippen molar-refractivity contribution >= 4 is 34.9 Å². The second kappa shape index (κ2) is 5.76. The van der Waals surface area contributed by atoms with Crippen LogP contribution in [0.15, 0.2) is 5.38 Å². The van der Waals surface area contributed by atoms with Crippen molar-refractivity contribution in [2.75, 3.05) is 11.5 Å². The predicted octanol–water partition coefficient (Wildman–Crippen LogP) is 2.56. The molecule has 0 aliphatic carbocycles. The summed E-state index contributed by atoms with van der Waals surface area (Å²) in [6.07, 6.45) is 0.924. The SMILES string of the molecule is Cc1nc(CC(N)C2SCCSC2C)cs1. The van der Waals surface area contributed by atoms with Gasteiger partial charge in [-0.2, -0.15) is 23.5 Å². The van der Waals surface area contributed by atoms with Gasteiger partial charge in [0.25, 0.3) is 0 Å². The van der Waals surface area contributed by atoms with Gasteiger partial charge in [0, 0.05) is 39.8 Å². The Morgan fingerprint density at radius 2 is 2.25 bits per heavy atom. The molecule has 1 aromatic rings. The first-order valence-corrected chi connectivity index (χ1v) is 8.54. The third-order valence-corrected chi connectivity index (χ3v) is 6.86. The average Bonchev–Trinajstić information content (AvgIpc) is 2.64. The maximum atomic E-state index is 6.31. The number of thiazole rings is 1. The second-order valence-corrected chi connectivity index (χ2v) is 7.97. The molecular weight excluding hydrogens is 256 g/mol. The van der Waals surface area contributed by atoms with Crippen LogP contribution in [0.1, 0.15) is 17.6 Å². The monoisotopic (exact) mass is 274 g/mol. The van der Waals surface area contributed by atoms with Gasteiger partial charge in [-0.05, 0) is 6.92 Å². The Kier molecular flexibility index (Phi) is 4.58. The zero-order valence-electron chi connectivity index (χ0n) is 9.68. The molecule has 0 amide bonds. The summed E-state index contributed by atoms with van der Waals surface area (Å²) in [4.78, 5) is 4.49. The Morgan fingerprint density at radius 3 is 2.88 bits per heavy atom. The van der Waals surface area contributed by atoms with E-state index in [-0.39, 0.29) is 6.04 Å². The predicted molar refractivity (Wildman–Crippen MR) is 76.7 cm³/mol. The van der Waals surface area contributed by atoms with Gasteiger partial charge < -0.3 is 5.73 Å². The lowest BCUT2D eigenvalue weighted by Gasteiger charge is -2.32. The van der Waals surface area contributed by atoms with E-state index in [0.29, 0.717) is 10.5 Å². The van der Waals surface area contributed by atoms with Crippen LogP contribution in [0.3, 0.4) is 0 Å². The van der Waals surface area contributed by atoms with Gasteiger partial charge in [-0.15, -0.1) is 11.3 Å². The third kappa shape index (κ3) is 3.15. The van der Waals surface area contributed by atoms with E-state index in [4.69, 9.17) is 5.73 Å². The van der Waals surface area contributed by atoms with Crippen LogP contribution in [0, 0.1) is 6.92 Å². The number of rotatable bonds is 3. The zero-order valence-corrected chi connectivity index (χ0v) is 12.1. The third-order valence-electron chi connectivity index (χ3n) is 2.77. The molecule has 2 N–H and O–H groups in total. The van der Waals surface area contributed by atoms with E-state index in [2.05, 4.69) is 29.0 Å². The summed E-state index contributed by atoms with van der Waals surface area (Å²) in [6.45, 7) is 4.35. The number of nitrogens with two attached hydrogens (primary N) is 1. The molecule has 1 aliphatic heterocycles. The van der Waals surface area contributed by atoms with Gasteiger partial charge in [0.1, 0.15) is 0 Å². The highest BCUT2D eigenvalue weighted by atomic mass is 32.2. The molecule has 16 heavy (non-hydrogen) atoms. The minimum Gasteiger partial charge on any atom is -0.326 e. The number of hydrogen-bond acceptors (Lipinski definition) is 5. The Balaban J connectivity index is 1.93. The normalized spacial score (nSPS) is 27.9. The molecule has 3 atom stereocenters. The lowest BCUT2D eigenvalue weighted by atomic mass is 10.1. The number of nitrogens with zero attached hydrogens (tertiary/aromatic N) is 1. The van der Waals surface area contributed by atoms with Crippen LogP contribution in [0.25, 0.3) is 0 Å². The molecule has 2 heterocycles. The summed E-state index contributed by atoms with van der Waals surface area (Å²) in [7, 11) is 0. The maximum Gasteiger partial charge on any atom is 0.0897 e. The molecule has 1 saturated heterocycles. The second-order valence-electron chi connectivity index (χ2n) is 4.14. The summed E-state index contributed by atoms with van der Waals surface area (Å²) in [5.41, 5.74) is 7.48. The van der Waals surface area contributed by atoms with Crippen molar-refractivity contribution < 1.29 is 0 Å². The first kappa shape index (κ1) is 12.7. The van der Waals surface area contributed by atoms with E-state index < -0.39 is 0 Å². The first-order valence-electron chi connectivity index (χ1n) is 5.56. The van der Waals surface area contributed by atoms with Crippen LogP contribution in [0.4, 0.5) is 0 Å². The van der Waals surface area contributed by atoms with Gasteiger partial charge >= 0.3 is 0 Å². The fourth-order valence-electron chi connectivity index (χ4n) is 1.98. The van der Waals surface area contributed by atoms with E-state index in [9.17, 15) is 0 Å². The van der Waals surface area contributed by atoms with Gasteiger partial charge in [0.2, 0.25) is 0 Å². The van der Waals surface area contributed by atoms with Crippen molar-refractivity contribution in [1.29, 1.82) is 0 Å². The van der Waals surface area contributed by atoms with Gasteiger partial charge in [-0.1, -0.05) is 6.92 Å². The first-order chi connectivity index (χ1) is 7.66. The van der Waals surface area contributed by atoms with E-state index in [1.807, 2.05) is 18.7 Å². The Bertz CT molecular complexity index is 340. The van der Waals surface area contributed by atoms with Crippen molar-refractivity contribution in [2.24, 2.45) is 5.73 Å². The fraction of sp³-hybridized carbons (Fsp3) is 0.727. The van der Waals surface area contributed by atoms with Crippen molar-refractivity contribution in [3.05, 3.63) is 16.1 Å². The highest BCUT2D eigenvalue weighted by Crippen LogP contribution is 2.33. The molecule has 0 saturated carbocycles. The Hall–Kier alpha value is 0.290. The molecule has 1 aliphatic rings. The summed E-state index contributed by atoms with van der Waals surface area (Å²) >= 11 is 5.80. The molecule has 90 valence electrons.